The Morgan fingerprint density at radius 2 is 1.61 bits per heavy atom. The molecule has 0 amide bonds. The van der Waals surface area contributed by atoms with Crippen molar-refractivity contribution in [1.29, 1.82) is 0 Å². The van der Waals surface area contributed by atoms with Crippen LogP contribution in [0.25, 0.3) is 34.3 Å². The average Bonchev–Trinajstić information content (AvgIpc) is 2.94. The first kappa shape index (κ1) is 15.8. The van der Waals surface area contributed by atoms with Crippen LogP contribution in [0, 0.1) is 29.3 Å². The fraction of sp³-hybridized carbons (Fsp3) is 0. The van der Waals surface area contributed by atoms with Gasteiger partial charge in [-0.15, -0.1) is 0 Å². The van der Waals surface area contributed by atoms with Gasteiger partial charge in [0, 0.05) is 25.5 Å². The normalized spacial score (nSPS) is 11.8. The number of aromatic nitrogens is 1. The number of benzene rings is 2. The van der Waals surface area contributed by atoms with Crippen LogP contribution in [0.15, 0.2) is 24.3 Å². The van der Waals surface area contributed by atoms with Crippen molar-refractivity contribution in [3.05, 3.63) is 64.7 Å². The Morgan fingerprint density at radius 1 is 0.870 bits per heavy atom. The smallest absolute Gasteiger partial charge is 0.114 e. The molecule has 6 heteroatoms. The minimum absolute atomic E-state index is 0. The van der Waals surface area contributed by atoms with Crippen molar-refractivity contribution in [2.75, 3.05) is 0 Å². The molecule has 1 nitrogen and oxygen atoms in total. The van der Waals surface area contributed by atoms with Crippen molar-refractivity contribution in [1.82, 2.24) is 4.98 Å². The van der Waals surface area contributed by atoms with Crippen LogP contribution in [-0.4, -0.2) is 4.98 Å². The molecule has 3 aromatic rings. The molecule has 1 aromatic heterocycles. The van der Waals surface area contributed by atoms with Crippen LogP contribution in [0.2, 0.25) is 0 Å². The summed E-state index contributed by atoms with van der Waals surface area (Å²) in [6, 6.07) is 8.79. The van der Waals surface area contributed by atoms with Gasteiger partial charge in [-0.1, -0.05) is 42.0 Å². The zero-order valence-corrected chi connectivity index (χ0v) is 13.7. The van der Waals surface area contributed by atoms with E-state index in [1.54, 1.807) is 18.2 Å². The first-order valence-electron chi connectivity index (χ1n) is 6.44. The number of hydrogen-bond acceptors (Lipinski definition) is 1. The molecule has 2 aromatic carbocycles. The van der Waals surface area contributed by atoms with Crippen molar-refractivity contribution in [3.63, 3.8) is 0 Å². The topological polar surface area (TPSA) is 12.9 Å². The fourth-order valence-corrected chi connectivity index (χ4v) is 2.62. The van der Waals surface area contributed by atoms with E-state index in [9.17, 15) is 17.6 Å². The van der Waals surface area contributed by atoms with Crippen LogP contribution in [0.3, 0.4) is 0 Å². The van der Waals surface area contributed by atoms with Gasteiger partial charge in [0.05, 0.1) is 17.2 Å². The van der Waals surface area contributed by atoms with Crippen molar-refractivity contribution < 1.29 is 37.7 Å². The maximum Gasteiger partial charge on any atom is 0.114 e. The summed E-state index contributed by atoms with van der Waals surface area (Å²) in [6.45, 7) is 0. The Balaban J connectivity index is 0.00000156. The molecule has 1 heterocycles. The molecule has 4 rings (SSSR count). The molecule has 117 valence electrons. The number of nitrogens with zero attached hydrogens (tertiary/aromatic N) is 1. The molecule has 0 unspecified atom stereocenters. The minimum Gasteiger partial charge on any atom is -0.296 e. The quantitative estimate of drug-likeness (QED) is 0.162. The van der Waals surface area contributed by atoms with E-state index >= 15 is 0 Å². The van der Waals surface area contributed by atoms with Crippen LogP contribution in [0.1, 0.15) is 11.1 Å². The number of hydrogen-bond donors (Lipinski definition) is 0. The molecule has 0 saturated heterocycles. The Hall–Kier alpha value is -2.04. The molecular weight excluding hydrogens is 486 g/mol. The molecule has 0 atom stereocenters. The van der Waals surface area contributed by atoms with Gasteiger partial charge in [-0.3, -0.25) is 13.8 Å². The standard InChI is InChI=1S/C17H6F4N.Ir/c18-11-7-10(15(19)17(21)16(11)20)13-6-9-5-4-8-2-1-3-12(22-13)14(8)9;/h1-6H;/q-1;. The molecular formula is C17H6F4IrN-. The largest absolute Gasteiger partial charge is 0.296 e. The molecule has 1 aliphatic carbocycles. The first-order chi connectivity index (χ1) is 10.6. The number of rotatable bonds is 1. The van der Waals surface area contributed by atoms with Gasteiger partial charge in [-0.25, -0.2) is 8.78 Å². The van der Waals surface area contributed by atoms with Crippen molar-refractivity contribution in [2.24, 2.45) is 0 Å². The Bertz CT molecular complexity index is 982. The van der Waals surface area contributed by atoms with Crippen molar-refractivity contribution in [3.8, 4) is 11.3 Å². The molecule has 0 saturated carbocycles. The summed E-state index contributed by atoms with van der Waals surface area (Å²) in [6.07, 6.45) is 3.67. The second-order valence-electron chi connectivity index (χ2n) is 4.93. The molecule has 23 heavy (non-hydrogen) atoms. The van der Waals surface area contributed by atoms with Crippen LogP contribution >= 0.6 is 0 Å². The summed E-state index contributed by atoms with van der Waals surface area (Å²) in [7, 11) is 0. The van der Waals surface area contributed by atoms with E-state index in [-0.39, 0.29) is 25.8 Å². The summed E-state index contributed by atoms with van der Waals surface area (Å²) in [4.78, 5) is 4.21. The van der Waals surface area contributed by atoms with Gasteiger partial charge < -0.3 is 0 Å². The van der Waals surface area contributed by atoms with Gasteiger partial charge in [0.1, 0.15) is 11.6 Å². The molecule has 0 bridgehead atoms. The summed E-state index contributed by atoms with van der Waals surface area (Å²) < 4.78 is 53.7. The third kappa shape index (κ3) is 2.30. The van der Waals surface area contributed by atoms with Crippen LogP contribution in [-0.2, 0) is 20.1 Å². The zero-order chi connectivity index (χ0) is 15.4. The molecule has 0 aliphatic heterocycles. The predicted octanol–water partition coefficient (Wildman–Crippen LogP) is 4.74. The zero-order valence-electron chi connectivity index (χ0n) is 11.3. The Kier molecular flexibility index (Phi) is 3.82. The van der Waals surface area contributed by atoms with Crippen LogP contribution in [0.5, 0.6) is 0 Å². The van der Waals surface area contributed by atoms with E-state index in [1.165, 1.54) is 6.07 Å². The summed E-state index contributed by atoms with van der Waals surface area (Å²) in [5.74, 6) is -6.82. The first-order valence-corrected chi connectivity index (χ1v) is 6.44. The second-order valence-corrected chi connectivity index (χ2v) is 4.93. The van der Waals surface area contributed by atoms with Gasteiger partial charge in [-0.05, 0) is 22.9 Å². The fourth-order valence-electron chi connectivity index (χ4n) is 2.62. The molecule has 0 spiro atoms. The van der Waals surface area contributed by atoms with E-state index in [0.717, 1.165) is 16.5 Å². The maximum absolute atomic E-state index is 13.9. The van der Waals surface area contributed by atoms with Crippen molar-refractivity contribution >= 4 is 23.1 Å². The maximum atomic E-state index is 13.9. The second kappa shape index (κ2) is 5.55. The van der Waals surface area contributed by atoms with Crippen LogP contribution < -0.4 is 0 Å². The third-order valence-electron chi connectivity index (χ3n) is 3.63. The molecule has 1 aliphatic rings. The average molecular weight is 492 g/mol. The van der Waals surface area contributed by atoms with Gasteiger partial charge in [0.25, 0.3) is 0 Å². The number of halogens is 4. The van der Waals surface area contributed by atoms with Crippen LogP contribution in [0.4, 0.5) is 17.6 Å². The molecule has 0 N–H and O–H groups in total. The SMILES string of the molecule is Fc1[c-]c(-c2cc3c4c(cccc4n2)C=C3)c(F)c(F)c1F.[Ir]. The van der Waals surface area contributed by atoms with Gasteiger partial charge in [-0.2, -0.15) is 0 Å². The summed E-state index contributed by atoms with van der Waals surface area (Å²) in [5.41, 5.74) is 1.76. The van der Waals surface area contributed by atoms with Crippen molar-refractivity contribution in [2.45, 2.75) is 0 Å². The molecule has 1 radical (unpaired) electrons. The third-order valence-corrected chi connectivity index (χ3v) is 3.63. The Labute approximate surface area is 142 Å². The van der Waals surface area contributed by atoms with Gasteiger partial charge >= 0.3 is 0 Å². The summed E-state index contributed by atoms with van der Waals surface area (Å²) >= 11 is 0. The van der Waals surface area contributed by atoms with E-state index in [2.05, 4.69) is 4.98 Å². The van der Waals surface area contributed by atoms with E-state index in [4.69, 9.17) is 0 Å². The van der Waals surface area contributed by atoms with Gasteiger partial charge in [0.15, 0.2) is 0 Å². The van der Waals surface area contributed by atoms with E-state index in [1.807, 2.05) is 18.2 Å². The van der Waals surface area contributed by atoms with Gasteiger partial charge in [0.2, 0.25) is 0 Å². The molecule has 0 fully saturated rings. The Morgan fingerprint density at radius 3 is 2.39 bits per heavy atom. The summed E-state index contributed by atoms with van der Waals surface area (Å²) in [5, 5.41) is 0.884. The monoisotopic (exact) mass is 493 g/mol. The predicted molar refractivity (Wildman–Crippen MR) is 74.8 cm³/mol. The van der Waals surface area contributed by atoms with E-state index in [0.29, 0.717) is 5.52 Å². The van der Waals surface area contributed by atoms with E-state index < -0.39 is 28.8 Å². The number of pyridine rings is 1. The minimum atomic E-state index is -1.88.